The molecule has 0 bridgehead atoms. The van der Waals surface area contributed by atoms with Crippen LogP contribution in [0.2, 0.25) is 0 Å². The Balaban J connectivity index is 1.86. The van der Waals surface area contributed by atoms with Gasteiger partial charge in [0.1, 0.15) is 0 Å². The summed E-state index contributed by atoms with van der Waals surface area (Å²) in [5, 5.41) is 18.9. The fraction of sp³-hybridized carbons (Fsp3) is 1.00. The second-order valence-corrected chi connectivity index (χ2v) is 6.90. The van der Waals surface area contributed by atoms with E-state index in [0.717, 1.165) is 12.8 Å². The lowest BCUT2D eigenvalue weighted by molar-refractivity contribution is -0.0756. The number of ether oxygens (including phenoxy) is 1. The first kappa shape index (κ1) is 12.3. The highest BCUT2D eigenvalue weighted by Crippen LogP contribution is 2.25. The van der Waals surface area contributed by atoms with Gasteiger partial charge in [-0.2, -0.15) is 0 Å². The van der Waals surface area contributed by atoms with Crippen LogP contribution < -0.4 is 0 Å². The molecule has 0 radical (unpaired) electrons. The molecule has 2 atom stereocenters. The standard InChI is InChI=1S/C10H18O5S/c11-7-1-3-8(4-2-7)15-10-6-16(13,14)5-9(10)12/h7-12H,1-6H2. The van der Waals surface area contributed by atoms with Gasteiger partial charge in [0, 0.05) is 0 Å². The van der Waals surface area contributed by atoms with Gasteiger partial charge in [-0.3, -0.25) is 0 Å². The van der Waals surface area contributed by atoms with Crippen molar-refractivity contribution in [1.29, 1.82) is 0 Å². The van der Waals surface area contributed by atoms with Gasteiger partial charge in [-0.1, -0.05) is 0 Å². The maximum atomic E-state index is 11.3. The van der Waals surface area contributed by atoms with Crippen LogP contribution in [0, 0.1) is 0 Å². The molecule has 6 heteroatoms. The fourth-order valence-electron chi connectivity index (χ4n) is 2.36. The molecule has 0 aromatic heterocycles. The maximum absolute atomic E-state index is 11.3. The van der Waals surface area contributed by atoms with Crippen LogP contribution in [0.25, 0.3) is 0 Å². The highest BCUT2D eigenvalue weighted by atomic mass is 32.2. The Bertz CT molecular complexity index is 331. The Morgan fingerprint density at radius 3 is 2.12 bits per heavy atom. The van der Waals surface area contributed by atoms with E-state index in [1.165, 1.54) is 0 Å². The SMILES string of the molecule is O=S1(=O)CC(O)C(OC2CCC(O)CC2)C1. The van der Waals surface area contributed by atoms with Crippen molar-refractivity contribution in [2.24, 2.45) is 0 Å². The van der Waals surface area contributed by atoms with E-state index in [9.17, 15) is 18.6 Å². The van der Waals surface area contributed by atoms with Gasteiger partial charge in [0.15, 0.2) is 9.84 Å². The molecule has 0 aromatic rings. The summed E-state index contributed by atoms with van der Waals surface area (Å²) >= 11 is 0. The maximum Gasteiger partial charge on any atom is 0.155 e. The van der Waals surface area contributed by atoms with Gasteiger partial charge < -0.3 is 14.9 Å². The normalized spacial score (nSPS) is 43.4. The Morgan fingerprint density at radius 2 is 1.62 bits per heavy atom. The molecule has 1 heterocycles. The third-order valence-electron chi connectivity index (χ3n) is 3.28. The van der Waals surface area contributed by atoms with Crippen LogP contribution in [0.3, 0.4) is 0 Å². The Hall–Kier alpha value is -0.170. The first-order valence-electron chi connectivity index (χ1n) is 5.68. The van der Waals surface area contributed by atoms with Crippen LogP contribution in [-0.4, -0.2) is 54.6 Å². The minimum absolute atomic E-state index is 0.0173. The first-order valence-corrected chi connectivity index (χ1v) is 7.50. The van der Waals surface area contributed by atoms with Crippen LogP contribution in [0.1, 0.15) is 25.7 Å². The zero-order valence-electron chi connectivity index (χ0n) is 9.08. The van der Waals surface area contributed by atoms with Crippen LogP contribution in [0.4, 0.5) is 0 Å². The highest BCUT2D eigenvalue weighted by Gasteiger charge is 2.38. The molecule has 16 heavy (non-hydrogen) atoms. The average Bonchev–Trinajstić information content (AvgIpc) is 2.44. The van der Waals surface area contributed by atoms with Crippen molar-refractivity contribution in [1.82, 2.24) is 0 Å². The third kappa shape index (κ3) is 2.94. The van der Waals surface area contributed by atoms with Gasteiger partial charge in [-0.25, -0.2) is 8.42 Å². The number of aliphatic hydroxyl groups is 2. The second kappa shape index (κ2) is 4.60. The van der Waals surface area contributed by atoms with Gasteiger partial charge >= 0.3 is 0 Å². The average molecular weight is 250 g/mol. The molecule has 2 aliphatic rings. The first-order chi connectivity index (χ1) is 7.46. The highest BCUT2D eigenvalue weighted by molar-refractivity contribution is 7.91. The molecule has 1 aliphatic carbocycles. The summed E-state index contributed by atoms with van der Waals surface area (Å²) in [4.78, 5) is 0. The number of hydrogen-bond donors (Lipinski definition) is 2. The van der Waals surface area contributed by atoms with E-state index in [1.807, 2.05) is 0 Å². The number of rotatable bonds is 2. The van der Waals surface area contributed by atoms with Gasteiger partial charge in [0.25, 0.3) is 0 Å². The predicted molar refractivity (Wildman–Crippen MR) is 57.8 cm³/mol. The molecule has 2 N–H and O–H groups in total. The van der Waals surface area contributed by atoms with E-state index in [0.29, 0.717) is 12.8 Å². The Kier molecular flexibility index (Phi) is 3.53. The zero-order chi connectivity index (χ0) is 11.8. The van der Waals surface area contributed by atoms with Crippen molar-refractivity contribution >= 4 is 9.84 Å². The summed E-state index contributed by atoms with van der Waals surface area (Å²) in [6.07, 6.45) is 1.13. The predicted octanol–water partition coefficient (Wildman–Crippen LogP) is -0.536. The molecule has 2 rings (SSSR count). The summed E-state index contributed by atoms with van der Waals surface area (Å²) in [6.45, 7) is 0. The molecule has 0 spiro atoms. The fourth-order valence-corrected chi connectivity index (χ4v) is 4.03. The molecule has 1 saturated heterocycles. The number of aliphatic hydroxyl groups excluding tert-OH is 2. The van der Waals surface area contributed by atoms with Crippen molar-refractivity contribution in [2.45, 2.75) is 50.1 Å². The van der Waals surface area contributed by atoms with Crippen LogP contribution in [-0.2, 0) is 14.6 Å². The van der Waals surface area contributed by atoms with E-state index in [2.05, 4.69) is 0 Å². The van der Waals surface area contributed by atoms with E-state index in [4.69, 9.17) is 4.74 Å². The van der Waals surface area contributed by atoms with Crippen molar-refractivity contribution in [3.05, 3.63) is 0 Å². The quantitative estimate of drug-likeness (QED) is 0.688. The largest absolute Gasteiger partial charge is 0.393 e. The lowest BCUT2D eigenvalue weighted by atomic mass is 9.95. The Morgan fingerprint density at radius 1 is 1.00 bits per heavy atom. The second-order valence-electron chi connectivity index (χ2n) is 4.75. The van der Waals surface area contributed by atoms with Crippen LogP contribution in [0.15, 0.2) is 0 Å². The van der Waals surface area contributed by atoms with E-state index in [-0.39, 0.29) is 23.7 Å². The minimum Gasteiger partial charge on any atom is -0.393 e. The smallest absolute Gasteiger partial charge is 0.155 e. The summed E-state index contributed by atoms with van der Waals surface area (Å²) in [5.41, 5.74) is 0. The number of sulfone groups is 1. The molecule has 0 aromatic carbocycles. The van der Waals surface area contributed by atoms with E-state index >= 15 is 0 Å². The minimum atomic E-state index is -3.13. The van der Waals surface area contributed by atoms with Crippen molar-refractivity contribution in [2.75, 3.05) is 11.5 Å². The molecule has 2 fully saturated rings. The summed E-state index contributed by atoms with van der Waals surface area (Å²) < 4.78 is 28.1. The molecular formula is C10H18O5S. The molecule has 2 unspecified atom stereocenters. The molecule has 0 amide bonds. The monoisotopic (exact) mass is 250 g/mol. The molecule has 1 aliphatic heterocycles. The third-order valence-corrected chi connectivity index (χ3v) is 4.97. The lowest BCUT2D eigenvalue weighted by Crippen LogP contribution is -2.34. The summed E-state index contributed by atoms with van der Waals surface area (Å²) in [5.74, 6) is -0.264. The number of hydrogen-bond acceptors (Lipinski definition) is 5. The van der Waals surface area contributed by atoms with Crippen LogP contribution >= 0.6 is 0 Å². The molecule has 94 valence electrons. The van der Waals surface area contributed by atoms with Crippen LogP contribution in [0.5, 0.6) is 0 Å². The van der Waals surface area contributed by atoms with E-state index < -0.39 is 22.0 Å². The van der Waals surface area contributed by atoms with Crippen molar-refractivity contribution in [3.8, 4) is 0 Å². The van der Waals surface area contributed by atoms with Gasteiger partial charge in [0.05, 0.1) is 35.9 Å². The summed E-state index contributed by atoms with van der Waals surface area (Å²) in [7, 11) is -3.13. The van der Waals surface area contributed by atoms with Gasteiger partial charge in [-0.15, -0.1) is 0 Å². The van der Waals surface area contributed by atoms with Crippen molar-refractivity contribution < 1.29 is 23.4 Å². The zero-order valence-corrected chi connectivity index (χ0v) is 9.90. The molecule has 5 nitrogen and oxygen atoms in total. The topological polar surface area (TPSA) is 83.8 Å². The van der Waals surface area contributed by atoms with Gasteiger partial charge in [0.2, 0.25) is 0 Å². The van der Waals surface area contributed by atoms with Crippen molar-refractivity contribution in [3.63, 3.8) is 0 Å². The molecule has 1 saturated carbocycles. The van der Waals surface area contributed by atoms with E-state index in [1.54, 1.807) is 0 Å². The summed E-state index contributed by atoms with van der Waals surface area (Å²) in [6, 6.07) is 0. The Labute approximate surface area is 95.3 Å². The van der Waals surface area contributed by atoms with Gasteiger partial charge in [-0.05, 0) is 25.7 Å². The lowest BCUT2D eigenvalue weighted by Gasteiger charge is -2.28. The molecular weight excluding hydrogens is 232 g/mol.